The van der Waals surface area contributed by atoms with E-state index in [1.807, 2.05) is 0 Å². The lowest BCUT2D eigenvalue weighted by molar-refractivity contribution is 0.00602. The van der Waals surface area contributed by atoms with Crippen molar-refractivity contribution >= 4 is 0 Å². The SMILES string of the molecule is CCCC(NC)C(CC)N1CCN(C)C(C)(C)C1. The summed E-state index contributed by atoms with van der Waals surface area (Å²) in [5.41, 5.74) is 0.302. The van der Waals surface area contributed by atoms with Crippen molar-refractivity contribution in [2.24, 2.45) is 0 Å². The summed E-state index contributed by atoms with van der Waals surface area (Å²) in [4.78, 5) is 5.20. The van der Waals surface area contributed by atoms with Gasteiger partial charge in [0.15, 0.2) is 0 Å². The zero-order valence-electron chi connectivity index (χ0n) is 13.3. The van der Waals surface area contributed by atoms with Gasteiger partial charge in [0, 0.05) is 37.3 Å². The van der Waals surface area contributed by atoms with Crippen molar-refractivity contribution in [2.45, 2.75) is 64.6 Å². The van der Waals surface area contributed by atoms with Crippen LogP contribution in [0.5, 0.6) is 0 Å². The number of nitrogens with one attached hydrogen (secondary N) is 1. The Morgan fingerprint density at radius 3 is 2.33 bits per heavy atom. The fourth-order valence-electron chi connectivity index (χ4n) is 3.20. The highest BCUT2D eigenvalue weighted by molar-refractivity contribution is 4.93. The first-order chi connectivity index (χ1) is 8.46. The molecular weight excluding hydrogens is 222 g/mol. The molecule has 1 heterocycles. The molecule has 1 N–H and O–H groups in total. The van der Waals surface area contributed by atoms with Crippen molar-refractivity contribution in [1.82, 2.24) is 15.1 Å². The standard InChI is InChI=1S/C15H33N3/c1-7-9-13(16-5)14(8-2)18-11-10-17(6)15(3,4)12-18/h13-14,16H,7-12H2,1-6H3. The lowest BCUT2D eigenvalue weighted by Crippen LogP contribution is -2.62. The number of nitrogens with zero attached hydrogens (tertiary/aromatic N) is 2. The summed E-state index contributed by atoms with van der Waals surface area (Å²) in [7, 11) is 4.37. The molecule has 3 nitrogen and oxygen atoms in total. The Morgan fingerprint density at radius 2 is 1.89 bits per heavy atom. The molecule has 0 aromatic heterocycles. The monoisotopic (exact) mass is 255 g/mol. The molecule has 1 fully saturated rings. The summed E-state index contributed by atoms with van der Waals surface area (Å²) in [6.07, 6.45) is 3.78. The third kappa shape index (κ3) is 3.69. The molecule has 1 saturated heterocycles. The molecular formula is C15H33N3. The molecule has 0 aliphatic carbocycles. The molecule has 0 aromatic carbocycles. The Balaban J connectivity index is 2.70. The van der Waals surface area contributed by atoms with Gasteiger partial charge in [-0.3, -0.25) is 9.80 Å². The summed E-state index contributed by atoms with van der Waals surface area (Å²) in [5.74, 6) is 0. The van der Waals surface area contributed by atoms with Gasteiger partial charge < -0.3 is 5.32 Å². The highest BCUT2D eigenvalue weighted by Gasteiger charge is 2.35. The van der Waals surface area contributed by atoms with Crippen molar-refractivity contribution in [3.63, 3.8) is 0 Å². The molecule has 1 aliphatic heterocycles. The smallest absolute Gasteiger partial charge is 0.0277 e. The number of piperazine rings is 1. The Kier molecular flexibility index (Phi) is 6.09. The van der Waals surface area contributed by atoms with E-state index in [2.05, 4.69) is 56.9 Å². The maximum absolute atomic E-state index is 3.53. The van der Waals surface area contributed by atoms with Gasteiger partial charge in [-0.15, -0.1) is 0 Å². The average Bonchev–Trinajstić information content (AvgIpc) is 2.33. The van der Waals surface area contributed by atoms with Crippen molar-refractivity contribution in [2.75, 3.05) is 33.7 Å². The highest BCUT2D eigenvalue weighted by atomic mass is 15.3. The van der Waals surface area contributed by atoms with Gasteiger partial charge in [0.2, 0.25) is 0 Å². The molecule has 108 valence electrons. The summed E-state index contributed by atoms with van der Waals surface area (Å²) in [5, 5.41) is 3.53. The second-order valence-electron chi connectivity index (χ2n) is 6.36. The van der Waals surface area contributed by atoms with Gasteiger partial charge >= 0.3 is 0 Å². The van der Waals surface area contributed by atoms with E-state index in [1.54, 1.807) is 0 Å². The molecule has 18 heavy (non-hydrogen) atoms. The lowest BCUT2D eigenvalue weighted by atomic mass is 9.93. The second-order valence-corrected chi connectivity index (χ2v) is 6.36. The van der Waals surface area contributed by atoms with Gasteiger partial charge in [0.1, 0.15) is 0 Å². The summed E-state index contributed by atoms with van der Waals surface area (Å²) in [6.45, 7) is 12.9. The molecule has 0 saturated carbocycles. The lowest BCUT2D eigenvalue weighted by Gasteiger charge is -2.49. The maximum atomic E-state index is 3.53. The molecule has 0 bridgehead atoms. The van der Waals surface area contributed by atoms with Crippen LogP contribution in [-0.2, 0) is 0 Å². The van der Waals surface area contributed by atoms with E-state index in [1.165, 1.54) is 38.9 Å². The molecule has 2 unspecified atom stereocenters. The molecule has 1 rings (SSSR count). The molecule has 0 radical (unpaired) electrons. The van der Waals surface area contributed by atoms with E-state index in [4.69, 9.17) is 0 Å². The summed E-state index contributed by atoms with van der Waals surface area (Å²) in [6, 6.07) is 1.32. The van der Waals surface area contributed by atoms with Crippen LogP contribution in [0.3, 0.4) is 0 Å². The largest absolute Gasteiger partial charge is 0.315 e. The Hall–Kier alpha value is -0.120. The molecule has 2 atom stereocenters. The maximum Gasteiger partial charge on any atom is 0.0277 e. The first-order valence-electron chi connectivity index (χ1n) is 7.58. The van der Waals surface area contributed by atoms with Crippen LogP contribution in [-0.4, -0.2) is 61.2 Å². The van der Waals surface area contributed by atoms with E-state index in [0.29, 0.717) is 17.6 Å². The van der Waals surface area contributed by atoms with Gasteiger partial charge in [-0.1, -0.05) is 20.3 Å². The van der Waals surface area contributed by atoms with E-state index in [9.17, 15) is 0 Å². The van der Waals surface area contributed by atoms with E-state index in [0.717, 1.165) is 0 Å². The van der Waals surface area contributed by atoms with Gasteiger partial charge in [-0.25, -0.2) is 0 Å². The van der Waals surface area contributed by atoms with E-state index >= 15 is 0 Å². The third-order valence-electron chi connectivity index (χ3n) is 4.67. The van der Waals surface area contributed by atoms with Crippen LogP contribution in [0.1, 0.15) is 47.0 Å². The summed E-state index contributed by atoms with van der Waals surface area (Å²) < 4.78 is 0. The molecule has 0 spiro atoms. The van der Waals surface area contributed by atoms with Crippen LogP contribution >= 0.6 is 0 Å². The normalized spacial score (nSPS) is 25.0. The Labute approximate surface area is 114 Å². The quantitative estimate of drug-likeness (QED) is 0.785. The van der Waals surface area contributed by atoms with Gasteiger partial charge in [-0.2, -0.15) is 0 Å². The minimum absolute atomic E-state index is 0.302. The number of hydrogen-bond acceptors (Lipinski definition) is 3. The minimum atomic E-state index is 0.302. The van der Waals surface area contributed by atoms with Crippen molar-refractivity contribution in [1.29, 1.82) is 0 Å². The van der Waals surface area contributed by atoms with Crippen molar-refractivity contribution in [3.05, 3.63) is 0 Å². The minimum Gasteiger partial charge on any atom is -0.315 e. The summed E-state index contributed by atoms with van der Waals surface area (Å²) >= 11 is 0. The topological polar surface area (TPSA) is 18.5 Å². The number of hydrogen-bond donors (Lipinski definition) is 1. The molecule has 0 aromatic rings. The predicted octanol–water partition coefficient (Wildman–Crippen LogP) is 2.18. The molecule has 1 aliphatic rings. The van der Waals surface area contributed by atoms with Crippen molar-refractivity contribution in [3.8, 4) is 0 Å². The van der Waals surface area contributed by atoms with Crippen LogP contribution in [0.15, 0.2) is 0 Å². The zero-order valence-corrected chi connectivity index (χ0v) is 13.3. The molecule has 3 heteroatoms. The Morgan fingerprint density at radius 1 is 1.22 bits per heavy atom. The second kappa shape index (κ2) is 6.88. The van der Waals surface area contributed by atoms with Crippen molar-refractivity contribution < 1.29 is 0 Å². The number of likely N-dealkylation sites (N-methyl/N-ethyl adjacent to an activating group) is 2. The average molecular weight is 255 g/mol. The van der Waals surface area contributed by atoms with E-state index in [-0.39, 0.29) is 0 Å². The predicted molar refractivity (Wildman–Crippen MR) is 80.1 cm³/mol. The van der Waals surface area contributed by atoms with Gasteiger partial charge in [0.25, 0.3) is 0 Å². The zero-order chi connectivity index (χ0) is 13.8. The van der Waals surface area contributed by atoms with Gasteiger partial charge in [-0.05, 0) is 40.8 Å². The molecule has 0 amide bonds. The first kappa shape index (κ1) is 15.9. The first-order valence-corrected chi connectivity index (χ1v) is 7.58. The van der Waals surface area contributed by atoms with Crippen LogP contribution in [0.25, 0.3) is 0 Å². The third-order valence-corrected chi connectivity index (χ3v) is 4.67. The highest BCUT2D eigenvalue weighted by Crippen LogP contribution is 2.23. The van der Waals surface area contributed by atoms with Crippen LogP contribution < -0.4 is 5.32 Å². The van der Waals surface area contributed by atoms with Crippen LogP contribution in [0.2, 0.25) is 0 Å². The van der Waals surface area contributed by atoms with Gasteiger partial charge in [0.05, 0.1) is 0 Å². The Bertz CT molecular complexity index is 240. The van der Waals surface area contributed by atoms with Crippen LogP contribution in [0.4, 0.5) is 0 Å². The fourth-order valence-corrected chi connectivity index (χ4v) is 3.20. The van der Waals surface area contributed by atoms with E-state index < -0.39 is 0 Å². The van der Waals surface area contributed by atoms with Crippen LogP contribution in [0, 0.1) is 0 Å². The number of rotatable bonds is 6. The fraction of sp³-hybridized carbons (Fsp3) is 1.00.